The predicted molar refractivity (Wildman–Crippen MR) is 67.7 cm³/mol. The first-order valence-corrected chi connectivity index (χ1v) is 6.19. The van der Waals surface area contributed by atoms with Crippen LogP contribution in [0, 0.1) is 0 Å². The molecule has 1 aromatic carbocycles. The first-order valence-electron chi connectivity index (χ1n) is 6.19. The van der Waals surface area contributed by atoms with Gasteiger partial charge >= 0.3 is 0 Å². The molecule has 0 bridgehead atoms. The Labute approximate surface area is 106 Å². The predicted octanol–water partition coefficient (Wildman–Crippen LogP) is 1.94. The molecule has 1 atom stereocenters. The molecule has 1 saturated heterocycles. The van der Waals surface area contributed by atoms with Crippen molar-refractivity contribution in [3.8, 4) is 5.75 Å². The van der Waals surface area contributed by atoms with Gasteiger partial charge in [-0.1, -0.05) is 18.6 Å². The first-order chi connectivity index (χ1) is 8.72. The minimum absolute atomic E-state index is 0.0410. The number of carbonyl (C=O) groups excluding carboxylic acids is 2. The lowest BCUT2D eigenvalue weighted by atomic mass is 9.99. The van der Waals surface area contributed by atoms with Crippen molar-refractivity contribution in [3.05, 3.63) is 29.8 Å². The van der Waals surface area contributed by atoms with Crippen LogP contribution in [0.5, 0.6) is 5.75 Å². The van der Waals surface area contributed by atoms with E-state index < -0.39 is 6.04 Å². The Morgan fingerprint density at radius 3 is 2.89 bits per heavy atom. The van der Waals surface area contributed by atoms with Crippen molar-refractivity contribution in [3.63, 3.8) is 0 Å². The van der Waals surface area contributed by atoms with E-state index in [0.717, 1.165) is 12.8 Å². The van der Waals surface area contributed by atoms with E-state index in [1.807, 2.05) is 6.07 Å². The molecule has 96 valence electrons. The number of ether oxygens (including phenoxy) is 1. The van der Waals surface area contributed by atoms with E-state index in [9.17, 15) is 9.59 Å². The van der Waals surface area contributed by atoms with Crippen molar-refractivity contribution in [1.29, 1.82) is 0 Å². The highest BCUT2D eigenvalue weighted by Gasteiger charge is 2.25. The second-order valence-electron chi connectivity index (χ2n) is 4.43. The van der Waals surface area contributed by atoms with Gasteiger partial charge in [0.05, 0.1) is 18.7 Å². The fourth-order valence-electron chi connectivity index (χ4n) is 2.21. The van der Waals surface area contributed by atoms with Crippen LogP contribution in [0.25, 0.3) is 0 Å². The molecule has 1 aromatic rings. The van der Waals surface area contributed by atoms with Gasteiger partial charge in [0.2, 0.25) is 5.91 Å². The highest BCUT2D eigenvalue weighted by atomic mass is 16.5. The van der Waals surface area contributed by atoms with Crippen LogP contribution in [0.1, 0.15) is 36.0 Å². The van der Waals surface area contributed by atoms with Crippen molar-refractivity contribution in [1.82, 2.24) is 5.32 Å². The summed E-state index contributed by atoms with van der Waals surface area (Å²) in [5.74, 6) is 0.449. The van der Waals surface area contributed by atoms with Crippen LogP contribution in [-0.4, -0.2) is 24.8 Å². The summed E-state index contributed by atoms with van der Waals surface area (Å²) in [6.07, 6.45) is 2.95. The summed E-state index contributed by atoms with van der Waals surface area (Å²) in [6, 6.07) is 6.69. The van der Waals surface area contributed by atoms with Gasteiger partial charge < -0.3 is 10.1 Å². The number of nitrogens with one attached hydrogen (secondary N) is 1. The quantitative estimate of drug-likeness (QED) is 0.830. The van der Waals surface area contributed by atoms with E-state index in [2.05, 4.69) is 5.32 Å². The second kappa shape index (κ2) is 5.67. The van der Waals surface area contributed by atoms with Crippen LogP contribution in [0.4, 0.5) is 0 Å². The summed E-state index contributed by atoms with van der Waals surface area (Å²) >= 11 is 0. The molecular weight excluding hydrogens is 230 g/mol. The van der Waals surface area contributed by atoms with Gasteiger partial charge in [-0.2, -0.15) is 0 Å². The Kier molecular flexibility index (Phi) is 3.97. The Morgan fingerprint density at radius 1 is 1.33 bits per heavy atom. The average molecular weight is 247 g/mol. The van der Waals surface area contributed by atoms with Crippen molar-refractivity contribution < 1.29 is 14.3 Å². The van der Waals surface area contributed by atoms with Gasteiger partial charge in [0.15, 0.2) is 5.78 Å². The third kappa shape index (κ3) is 2.70. The van der Waals surface area contributed by atoms with Crippen LogP contribution < -0.4 is 10.1 Å². The normalized spacial score (nSPS) is 19.8. The lowest BCUT2D eigenvalue weighted by molar-refractivity contribution is -0.121. The van der Waals surface area contributed by atoms with Gasteiger partial charge in [0, 0.05) is 6.42 Å². The van der Waals surface area contributed by atoms with Gasteiger partial charge in [-0.3, -0.25) is 9.59 Å². The number of para-hydroxylation sites is 1. The summed E-state index contributed by atoms with van der Waals surface area (Å²) in [5.41, 5.74) is 0.534. The van der Waals surface area contributed by atoms with Gasteiger partial charge in [-0.05, 0) is 25.0 Å². The van der Waals surface area contributed by atoms with Crippen LogP contribution in [0.3, 0.4) is 0 Å². The van der Waals surface area contributed by atoms with Gasteiger partial charge in [0.1, 0.15) is 5.75 Å². The van der Waals surface area contributed by atoms with Crippen LogP contribution in [-0.2, 0) is 4.79 Å². The zero-order valence-corrected chi connectivity index (χ0v) is 10.4. The maximum absolute atomic E-state index is 12.4. The van der Waals surface area contributed by atoms with E-state index in [0.29, 0.717) is 24.2 Å². The number of rotatable bonds is 3. The molecule has 1 N–H and O–H groups in total. The van der Waals surface area contributed by atoms with E-state index in [1.54, 1.807) is 18.2 Å². The summed E-state index contributed by atoms with van der Waals surface area (Å²) in [5, 5.41) is 2.78. The van der Waals surface area contributed by atoms with E-state index in [1.165, 1.54) is 7.11 Å². The van der Waals surface area contributed by atoms with Gasteiger partial charge in [0.25, 0.3) is 0 Å². The largest absolute Gasteiger partial charge is 0.496 e. The lowest BCUT2D eigenvalue weighted by Crippen LogP contribution is -2.39. The lowest BCUT2D eigenvalue weighted by Gasteiger charge is -2.16. The summed E-state index contributed by atoms with van der Waals surface area (Å²) in [7, 11) is 1.54. The topological polar surface area (TPSA) is 55.4 Å². The third-order valence-corrected chi connectivity index (χ3v) is 3.17. The second-order valence-corrected chi connectivity index (χ2v) is 4.43. The Morgan fingerprint density at radius 2 is 2.11 bits per heavy atom. The average Bonchev–Trinajstić information content (AvgIpc) is 2.62. The molecule has 1 heterocycles. The zero-order chi connectivity index (χ0) is 13.0. The number of carbonyl (C=O) groups is 2. The molecular formula is C14H17NO3. The molecule has 1 fully saturated rings. The van der Waals surface area contributed by atoms with Crippen LogP contribution in [0.15, 0.2) is 24.3 Å². The number of hydrogen-bond donors (Lipinski definition) is 1. The molecule has 18 heavy (non-hydrogen) atoms. The summed E-state index contributed by atoms with van der Waals surface area (Å²) in [6.45, 7) is 0. The molecule has 4 nitrogen and oxygen atoms in total. The Hall–Kier alpha value is -1.84. The SMILES string of the molecule is COc1ccccc1C(=O)C1CCCCC(=O)N1. The molecule has 0 saturated carbocycles. The molecule has 1 unspecified atom stereocenters. The van der Waals surface area contributed by atoms with Crippen molar-refractivity contribution in [2.75, 3.05) is 7.11 Å². The molecule has 1 amide bonds. The summed E-state index contributed by atoms with van der Waals surface area (Å²) < 4.78 is 5.18. The standard InChI is InChI=1S/C14H17NO3/c1-18-12-8-4-2-6-10(12)14(17)11-7-3-5-9-13(16)15-11/h2,4,6,8,11H,3,5,7,9H2,1H3,(H,15,16). The highest BCUT2D eigenvalue weighted by Crippen LogP contribution is 2.21. The third-order valence-electron chi connectivity index (χ3n) is 3.17. The van der Waals surface area contributed by atoms with Gasteiger partial charge in [-0.15, -0.1) is 0 Å². The maximum atomic E-state index is 12.4. The van der Waals surface area contributed by atoms with E-state index in [4.69, 9.17) is 4.74 Å². The fourth-order valence-corrected chi connectivity index (χ4v) is 2.21. The smallest absolute Gasteiger partial charge is 0.220 e. The van der Waals surface area contributed by atoms with Crippen LogP contribution >= 0.6 is 0 Å². The zero-order valence-electron chi connectivity index (χ0n) is 10.4. The molecule has 0 spiro atoms. The molecule has 4 heteroatoms. The van der Waals surface area contributed by atoms with Gasteiger partial charge in [-0.25, -0.2) is 0 Å². The number of Topliss-reactive ketones (excluding diaryl/α,β-unsaturated/α-hetero) is 1. The van der Waals surface area contributed by atoms with Crippen molar-refractivity contribution >= 4 is 11.7 Å². The molecule has 0 aliphatic carbocycles. The number of amides is 1. The van der Waals surface area contributed by atoms with E-state index in [-0.39, 0.29) is 11.7 Å². The molecule has 0 radical (unpaired) electrons. The fraction of sp³-hybridized carbons (Fsp3) is 0.429. The molecule has 1 aliphatic rings. The van der Waals surface area contributed by atoms with Crippen LogP contribution in [0.2, 0.25) is 0 Å². The molecule has 1 aliphatic heterocycles. The highest BCUT2D eigenvalue weighted by molar-refractivity contribution is 6.04. The maximum Gasteiger partial charge on any atom is 0.220 e. The van der Waals surface area contributed by atoms with Crippen molar-refractivity contribution in [2.45, 2.75) is 31.7 Å². The monoisotopic (exact) mass is 247 g/mol. The number of methoxy groups -OCH3 is 1. The Balaban J connectivity index is 2.21. The first kappa shape index (κ1) is 12.6. The summed E-state index contributed by atoms with van der Waals surface area (Å²) in [4.78, 5) is 23.9. The van der Waals surface area contributed by atoms with Crippen molar-refractivity contribution in [2.24, 2.45) is 0 Å². The number of ketones is 1. The minimum atomic E-state index is -0.420. The molecule has 0 aromatic heterocycles. The number of hydrogen-bond acceptors (Lipinski definition) is 3. The number of benzene rings is 1. The molecule has 2 rings (SSSR count). The Bertz CT molecular complexity index is 456. The minimum Gasteiger partial charge on any atom is -0.496 e. The van der Waals surface area contributed by atoms with E-state index >= 15 is 0 Å².